The minimum absolute atomic E-state index is 0.230. The van der Waals surface area contributed by atoms with Crippen LogP contribution in [0.5, 0.6) is 0 Å². The molecule has 1 rings (SSSR count). The monoisotopic (exact) mass is 259 g/mol. The lowest BCUT2D eigenvalue weighted by Crippen LogP contribution is -2.33. The molecule has 4 heteroatoms. The van der Waals surface area contributed by atoms with E-state index in [0.717, 1.165) is 32.2 Å². The molecule has 0 spiro atoms. The molecule has 2 unspecified atom stereocenters. The van der Waals surface area contributed by atoms with Gasteiger partial charge in [0.1, 0.15) is 0 Å². The van der Waals surface area contributed by atoms with Crippen molar-refractivity contribution in [3.8, 4) is 0 Å². The Labute approximate surface area is 111 Å². The summed E-state index contributed by atoms with van der Waals surface area (Å²) in [6, 6.07) is 0. The molecule has 1 aliphatic carbocycles. The highest BCUT2D eigenvalue weighted by atomic mass is 16.5. The summed E-state index contributed by atoms with van der Waals surface area (Å²) in [5.41, 5.74) is 0. The maximum Gasteiger partial charge on any atom is 0.0897 e. The number of ether oxygens (including phenoxy) is 1. The summed E-state index contributed by atoms with van der Waals surface area (Å²) in [5.74, 6) is 0. The van der Waals surface area contributed by atoms with Gasteiger partial charge in [0.2, 0.25) is 0 Å². The van der Waals surface area contributed by atoms with Crippen molar-refractivity contribution in [2.45, 2.75) is 70.2 Å². The van der Waals surface area contributed by atoms with E-state index in [9.17, 15) is 5.11 Å². The number of hydrogen-bond donors (Lipinski definition) is 3. The van der Waals surface area contributed by atoms with Crippen molar-refractivity contribution in [1.82, 2.24) is 5.32 Å². The van der Waals surface area contributed by atoms with E-state index in [1.807, 2.05) is 0 Å². The maximum atomic E-state index is 9.75. The van der Waals surface area contributed by atoms with Gasteiger partial charge in [0.05, 0.1) is 24.9 Å². The van der Waals surface area contributed by atoms with E-state index in [2.05, 4.69) is 5.32 Å². The van der Waals surface area contributed by atoms with E-state index in [0.29, 0.717) is 19.3 Å². The average Bonchev–Trinajstić information content (AvgIpc) is 2.37. The van der Waals surface area contributed by atoms with Gasteiger partial charge in [0, 0.05) is 6.54 Å². The summed E-state index contributed by atoms with van der Waals surface area (Å²) in [4.78, 5) is 0. The van der Waals surface area contributed by atoms with Crippen molar-refractivity contribution in [2.24, 2.45) is 0 Å². The third-order valence-corrected chi connectivity index (χ3v) is 3.43. The van der Waals surface area contributed by atoms with Gasteiger partial charge in [-0.05, 0) is 39.2 Å². The first-order chi connectivity index (χ1) is 8.68. The van der Waals surface area contributed by atoms with Crippen molar-refractivity contribution in [1.29, 1.82) is 0 Å². The van der Waals surface area contributed by atoms with Gasteiger partial charge in [0.25, 0.3) is 0 Å². The standard InChI is InChI=1S/C14H29NO3/c1-12(16)6-5-9-15-10-13(17)11-18-14-7-3-2-4-8-14/h12-17H,2-11H2,1H3. The minimum Gasteiger partial charge on any atom is -0.393 e. The van der Waals surface area contributed by atoms with Crippen molar-refractivity contribution >= 4 is 0 Å². The molecule has 0 aromatic heterocycles. The number of rotatable bonds is 9. The van der Waals surface area contributed by atoms with Crippen molar-refractivity contribution in [3.05, 3.63) is 0 Å². The van der Waals surface area contributed by atoms with E-state index in [1.165, 1.54) is 19.3 Å². The summed E-state index contributed by atoms with van der Waals surface area (Å²) in [7, 11) is 0. The Hall–Kier alpha value is -0.160. The third kappa shape index (κ3) is 8.03. The Kier molecular flexibility index (Phi) is 8.59. The predicted octanol–water partition coefficient (Wildman–Crippen LogP) is 1.45. The third-order valence-electron chi connectivity index (χ3n) is 3.43. The van der Waals surface area contributed by atoms with Crippen LogP contribution in [-0.2, 0) is 4.74 Å². The average molecular weight is 259 g/mol. The number of aliphatic hydroxyl groups is 2. The van der Waals surface area contributed by atoms with Crippen LogP contribution < -0.4 is 5.32 Å². The lowest BCUT2D eigenvalue weighted by Gasteiger charge is -2.23. The largest absolute Gasteiger partial charge is 0.393 e. The summed E-state index contributed by atoms with van der Waals surface area (Å²) < 4.78 is 5.71. The van der Waals surface area contributed by atoms with Gasteiger partial charge in [0.15, 0.2) is 0 Å². The second kappa shape index (κ2) is 9.73. The molecule has 0 aromatic carbocycles. The highest BCUT2D eigenvalue weighted by Crippen LogP contribution is 2.20. The van der Waals surface area contributed by atoms with Crippen LogP contribution in [0, 0.1) is 0 Å². The summed E-state index contributed by atoms with van der Waals surface area (Å²) >= 11 is 0. The Morgan fingerprint density at radius 1 is 1.22 bits per heavy atom. The molecular weight excluding hydrogens is 230 g/mol. The topological polar surface area (TPSA) is 61.7 Å². The normalized spacial score (nSPS) is 20.8. The van der Waals surface area contributed by atoms with Crippen LogP contribution in [0.25, 0.3) is 0 Å². The molecule has 0 aliphatic heterocycles. The molecule has 0 saturated heterocycles. The van der Waals surface area contributed by atoms with Crippen LogP contribution in [0.4, 0.5) is 0 Å². The summed E-state index contributed by atoms with van der Waals surface area (Å²) in [6.45, 7) is 3.65. The van der Waals surface area contributed by atoms with E-state index in [4.69, 9.17) is 9.84 Å². The fourth-order valence-electron chi connectivity index (χ4n) is 2.33. The molecule has 1 saturated carbocycles. The van der Waals surface area contributed by atoms with Crippen LogP contribution >= 0.6 is 0 Å². The molecule has 4 nitrogen and oxygen atoms in total. The summed E-state index contributed by atoms with van der Waals surface area (Å²) in [6.07, 6.45) is 7.61. The zero-order valence-corrected chi connectivity index (χ0v) is 11.6. The lowest BCUT2D eigenvalue weighted by atomic mass is 9.98. The first-order valence-corrected chi connectivity index (χ1v) is 7.37. The highest BCUT2D eigenvalue weighted by molar-refractivity contribution is 4.67. The Morgan fingerprint density at radius 3 is 2.61 bits per heavy atom. The minimum atomic E-state index is -0.418. The zero-order valence-electron chi connectivity index (χ0n) is 11.6. The number of nitrogens with one attached hydrogen (secondary N) is 1. The van der Waals surface area contributed by atoms with Crippen molar-refractivity contribution < 1.29 is 14.9 Å². The van der Waals surface area contributed by atoms with Crippen molar-refractivity contribution in [3.63, 3.8) is 0 Å². The predicted molar refractivity (Wildman–Crippen MR) is 72.6 cm³/mol. The van der Waals surface area contributed by atoms with E-state index in [1.54, 1.807) is 6.92 Å². The molecule has 0 heterocycles. The fourth-order valence-corrected chi connectivity index (χ4v) is 2.33. The van der Waals surface area contributed by atoms with Gasteiger partial charge in [-0.2, -0.15) is 0 Å². The van der Waals surface area contributed by atoms with Crippen LogP contribution in [0.1, 0.15) is 51.9 Å². The number of aliphatic hydroxyl groups excluding tert-OH is 2. The maximum absolute atomic E-state index is 9.75. The molecule has 3 N–H and O–H groups in total. The van der Waals surface area contributed by atoms with Gasteiger partial charge in [-0.3, -0.25) is 0 Å². The number of hydrogen-bond acceptors (Lipinski definition) is 4. The van der Waals surface area contributed by atoms with E-state index in [-0.39, 0.29) is 6.10 Å². The van der Waals surface area contributed by atoms with E-state index < -0.39 is 6.10 Å². The van der Waals surface area contributed by atoms with Gasteiger partial charge in [-0.15, -0.1) is 0 Å². The van der Waals surface area contributed by atoms with Crippen LogP contribution in [0.15, 0.2) is 0 Å². The van der Waals surface area contributed by atoms with Gasteiger partial charge in [-0.1, -0.05) is 19.3 Å². The quantitative estimate of drug-likeness (QED) is 0.548. The smallest absolute Gasteiger partial charge is 0.0897 e. The Morgan fingerprint density at radius 2 is 1.94 bits per heavy atom. The molecule has 18 heavy (non-hydrogen) atoms. The molecular formula is C14H29NO3. The highest BCUT2D eigenvalue weighted by Gasteiger charge is 2.15. The van der Waals surface area contributed by atoms with Crippen LogP contribution in [0.2, 0.25) is 0 Å². The second-order valence-electron chi connectivity index (χ2n) is 5.44. The summed E-state index contributed by atoms with van der Waals surface area (Å²) in [5, 5.41) is 22.0. The fraction of sp³-hybridized carbons (Fsp3) is 1.00. The zero-order chi connectivity index (χ0) is 13.2. The molecule has 108 valence electrons. The first kappa shape index (κ1) is 15.9. The Balaban J connectivity index is 1.91. The first-order valence-electron chi connectivity index (χ1n) is 7.37. The molecule has 0 bridgehead atoms. The van der Waals surface area contributed by atoms with Crippen LogP contribution in [-0.4, -0.2) is 48.2 Å². The van der Waals surface area contributed by atoms with E-state index >= 15 is 0 Å². The molecule has 1 fully saturated rings. The molecule has 0 amide bonds. The van der Waals surface area contributed by atoms with Gasteiger partial charge < -0.3 is 20.3 Å². The molecule has 0 aromatic rings. The van der Waals surface area contributed by atoms with Gasteiger partial charge in [-0.25, -0.2) is 0 Å². The van der Waals surface area contributed by atoms with Crippen molar-refractivity contribution in [2.75, 3.05) is 19.7 Å². The Bertz CT molecular complexity index is 193. The lowest BCUT2D eigenvalue weighted by molar-refractivity contribution is -0.0229. The molecule has 1 aliphatic rings. The van der Waals surface area contributed by atoms with Crippen LogP contribution in [0.3, 0.4) is 0 Å². The van der Waals surface area contributed by atoms with Gasteiger partial charge >= 0.3 is 0 Å². The molecule has 2 atom stereocenters. The second-order valence-corrected chi connectivity index (χ2v) is 5.44. The SMILES string of the molecule is CC(O)CCCNCC(O)COC1CCCCC1. The molecule has 0 radical (unpaired) electrons.